The van der Waals surface area contributed by atoms with Crippen molar-refractivity contribution in [2.45, 2.75) is 19.9 Å². The molecule has 0 aromatic carbocycles. The minimum absolute atomic E-state index is 0.551. The Morgan fingerprint density at radius 2 is 2.29 bits per heavy atom. The van der Waals surface area contributed by atoms with Gasteiger partial charge in [-0.3, -0.25) is 4.90 Å². The fourth-order valence-corrected chi connectivity index (χ4v) is 1.42. The predicted molar refractivity (Wildman–Crippen MR) is 61.7 cm³/mol. The van der Waals surface area contributed by atoms with Crippen LogP contribution in [-0.2, 0) is 4.74 Å². The van der Waals surface area contributed by atoms with Crippen molar-refractivity contribution in [3.8, 4) is 0 Å². The fourth-order valence-electron chi connectivity index (χ4n) is 1.42. The average molecular weight is 200 g/mol. The molecule has 0 aliphatic heterocycles. The molecule has 0 amide bonds. The number of hydrogen-bond donors (Lipinski definition) is 1. The molecule has 1 atom stereocenters. The van der Waals surface area contributed by atoms with E-state index in [2.05, 4.69) is 30.6 Å². The largest absolute Gasteiger partial charge is 0.383 e. The van der Waals surface area contributed by atoms with Crippen LogP contribution in [0.2, 0.25) is 0 Å². The minimum Gasteiger partial charge on any atom is -0.383 e. The lowest BCUT2D eigenvalue weighted by atomic mass is 10.2. The lowest BCUT2D eigenvalue weighted by Crippen LogP contribution is -2.41. The van der Waals surface area contributed by atoms with E-state index in [4.69, 9.17) is 4.74 Å². The van der Waals surface area contributed by atoms with E-state index in [0.29, 0.717) is 6.04 Å². The maximum Gasteiger partial charge on any atom is 0.0589 e. The summed E-state index contributed by atoms with van der Waals surface area (Å²) in [6, 6.07) is 0.551. The van der Waals surface area contributed by atoms with Crippen LogP contribution in [0.5, 0.6) is 0 Å². The van der Waals surface area contributed by atoms with Gasteiger partial charge in [-0.05, 0) is 13.5 Å². The minimum atomic E-state index is 0.551. The van der Waals surface area contributed by atoms with Crippen molar-refractivity contribution in [1.82, 2.24) is 10.2 Å². The van der Waals surface area contributed by atoms with Gasteiger partial charge >= 0.3 is 0 Å². The molecule has 0 aromatic rings. The number of nitrogens with zero attached hydrogens (tertiary/aromatic N) is 1. The molecule has 0 aromatic heterocycles. The molecule has 0 aliphatic carbocycles. The van der Waals surface area contributed by atoms with E-state index in [0.717, 1.165) is 32.8 Å². The molecule has 1 unspecified atom stereocenters. The molecule has 0 saturated carbocycles. The van der Waals surface area contributed by atoms with Gasteiger partial charge in [0.1, 0.15) is 0 Å². The van der Waals surface area contributed by atoms with Gasteiger partial charge in [-0.1, -0.05) is 13.0 Å². The number of ether oxygens (including phenoxy) is 1. The van der Waals surface area contributed by atoms with Crippen LogP contribution in [0.15, 0.2) is 12.7 Å². The molecule has 0 radical (unpaired) electrons. The van der Waals surface area contributed by atoms with Crippen molar-refractivity contribution in [3.63, 3.8) is 0 Å². The Morgan fingerprint density at radius 1 is 1.57 bits per heavy atom. The number of nitrogens with one attached hydrogen (secondary N) is 1. The summed E-state index contributed by atoms with van der Waals surface area (Å²) >= 11 is 0. The normalized spacial score (nSPS) is 13.1. The molecule has 0 spiro atoms. The Bertz CT molecular complexity index is 139. The van der Waals surface area contributed by atoms with E-state index in [1.165, 1.54) is 0 Å². The van der Waals surface area contributed by atoms with Crippen LogP contribution in [0, 0.1) is 0 Å². The third-order valence-corrected chi connectivity index (χ3v) is 2.34. The number of rotatable bonds is 9. The number of methoxy groups -OCH3 is 1. The number of hydrogen-bond acceptors (Lipinski definition) is 3. The molecule has 0 heterocycles. The predicted octanol–water partition coefficient (Wildman–Crippen LogP) is 1.12. The molecule has 0 fully saturated rings. The van der Waals surface area contributed by atoms with Crippen LogP contribution in [-0.4, -0.2) is 50.8 Å². The smallest absolute Gasteiger partial charge is 0.0589 e. The first-order valence-corrected chi connectivity index (χ1v) is 5.30. The Kier molecular flexibility index (Phi) is 8.94. The Morgan fingerprint density at radius 3 is 2.79 bits per heavy atom. The molecule has 84 valence electrons. The highest BCUT2D eigenvalue weighted by Crippen LogP contribution is 1.96. The highest BCUT2D eigenvalue weighted by molar-refractivity contribution is 4.74. The maximum absolute atomic E-state index is 5.07. The SMILES string of the molecule is C=CCNCC(C)N(CC)CCOC. The molecule has 0 rings (SSSR count). The van der Waals surface area contributed by atoms with Gasteiger partial charge < -0.3 is 10.1 Å². The summed E-state index contributed by atoms with van der Waals surface area (Å²) in [5, 5.41) is 3.33. The quantitative estimate of drug-likeness (QED) is 0.446. The van der Waals surface area contributed by atoms with Gasteiger partial charge in [0.15, 0.2) is 0 Å². The maximum atomic E-state index is 5.07. The summed E-state index contributed by atoms with van der Waals surface area (Å²) in [6.45, 7) is 12.9. The molecule has 3 heteroatoms. The van der Waals surface area contributed by atoms with Crippen molar-refractivity contribution in [2.75, 3.05) is 39.9 Å². The first kappa shape index (κ1) is 13.6. The van der Waals surface area contributed by atoms with Crippen LogP contribution >= 0.6 is 0 Å². The van der Waals surface area contributed by atoms with Gasteiger partial charge in [-0.15, -0.1) is 6.58 Å². The highest BCUT2D eigenvalue weighted by Gasteiger charge is 2.10. The zero-order chi connectivity index (χ0) is 10.8. The molecule has 1 N–H and O–H groups in total. The molecule has 0 aliphatic rings. The van der Waals surface area contributed by atoms with Gasteiger partial charge in [0.2, 0.25) is 0 Å². The van der Waals surface area contributed by atoms with Gasteiger partial charge in [0, 0.05) is 32.8 Å². The summed E-state index contributed by atoms with van der Waals surface area (Å²) in [7, 11) is 1.74. The van der Waals surface area contributed by atoms with Crippen LogP contribution in [0.3, 0.4) is 0 Å². The van der Waals surface area contributed by atoms with Crippen molar-refractivity contribution < 1.29 is 4.74 Å². The van der Waals surface area contributed by atoms with Crippen molar-refractivity contribution >= 4 is 0 Å². The Balaban J connectivity index is 3.66. The average Bonchev–Trinajstić information content (AvgIpc) is 2.19. The first-order valence-electron chi connectivity index (χ1n) is 5.30. The van der Waals surface area contributed by atoms with E-state index >= 15 is 0 Å². The third-order valence-electron chi connectivity index (χ3n) is 2.34. The summed E-state index contributed by atoms with van der Waals surface area (Å²) < 4.78 is 5.07. The summed E-state index contributed by atoms with van der Waals surface area (Å²) in [6.07, 6.45) is 1.89. The molecular weight excluding hydrogens is 176 g/mol. The van der Waals surface area contributed by atoms with Gasteiger partial charge in [-0.2, -0.15) is 0 Å². The van der Waals surface area contributed by atoms with E-state index in [-0.39, 0.29) is 0 Å². The van der Waals surface area contributed by atoms with Crippen molar-refractivity contribution in [1.29, 1.82) is 0 Å². The van der Waals surface area contributed by atoms with Crippen LogP contribution in [0.1, 0.15) is 13.8 Å². The third kappa shape index (κ3) is 6.13. The van der Waals surface area contributed by atoms with Crippen LogP contribution < -0.4 is 5.32 Å². The second-order valence-corrected chi connectivity index (χ2v) is 3.42. The van der Waals surface area contributed by atoms with Crippen LogP contribution in [0.4, 0.5) is 0 Å². The highest BCUT2D eigenvalue weighted by atomic mass is 16.5. The van der Waals surface area contributed by atoms with E-state index < -0.39 is 0 Å². The zero-order valence-electron chi connectivity index (χ0n) is 9.75. The standard InChI is InChI=1S/C11H24N2O/c1-5-7-12-10-11(3)13(6-2)8-9-14-4/h5,11-12H,1,6-10H2,2-4H3. The molecular formula is C11H24N2O. The summed E-state index contributed by atoms with van der Waals surface area (Å²) in [5.41, 5.74) is 0. The molecule has 14 heavy (non-hydrogen) atoms. The van der Waals surface area contributed by atoms with Crippen molar-refractivity contribution in [3.05, 3.63) is 12.7 Å². The van der Waals surface area contributed by atoms with Gasteiger partial charge in [-0.25, -0.2) is 0 Å². The van der Waals surface area contributed by atoms with Gasteiger partial charge in [0.05, 0.1) is 6.61 Å². The van der Waals surface area contributed by atoms with Crippen LogP contribution in [0.25, 0.3) is 0 Å². The van der Waals surface area contributed by atoms with E-state index in [1.54, 1.807) is 7.11 Å². The lowest BCUT2D eigenvalue weighted by Gasteiger charge is -2.27. The first-order chi connectivity index (χ1) is 6.76. The Hall–Kier alpha value is -0.380. The monoisotopic (exact) mass is 200 g/mol. The molecule has 0 bridgehead atoms. The molecule has 0 saturated heterocycles. The number of likely N-dealkylation sites (N-methyl/N-ethyl adjacent to an activating group) is 1. The fraction of sp³-hybridized carbons (Fsp3) is 0.818. The Labute approximate surface area is 88.1 Å². The van der Waals surface area contributed by atoms with Gasteiger partial charge in [0.25, 0.3) is 0 Å². The second kappa shape index (κ2) is 9.19. The zero-order valence-corrected chi connectivity index (χ0v) is 9.75. The van der Waals surface area contributed by atoms with E-state index in [1.807, 2.05) is 6.08 Å². The second-order valence-electron chi connectivity index (χ2n) is 3.42. The lowest BCUT2D eigenvalue weighted by molar-refractivity contribution is 0.128. The molecule has 3 nitrogen and oxygen atoms in total. The van der Waals surface area contributed by atoms with E-state index in [9.17, 15) is 0 Å². The van der Waals surface area contributed by atoms with Crippen molar-refractivity contribution in [2.24, 2.45) is 0 Å². The summed E-state index contributed by atoms with van der Waals surface area (Å²) in [4.78, 5) is 2.40. The topological polar surface area (TPSA) is 24.5 Å². The summed E-state index contributed by atoms with van der Waals surface area (Å²) in [5.74, 6) is 0.